The van der Waals surface area contributed by atoms with Gasteiger partial charge in [-0.05, 0) is 20.2 Å². The largest absolute Gasteiger partial charge is 0.379 e. The Kier molecular flexibility index (Phi) is 5.56. The number of nitrogens with one attached hydrogen (secondary N) is 2. The van der Waals surface area contributed by atoms with Crippen molar-refractivity contribution in [3.63, 3.8) is 0 Å². The summed E-state index contributed by atoms with van der Waals surface area (Å²) < 4.78 is 30.9. The fourth-order valence-corrected chi connectivity index (χ4v) is 1.99. The Morgan fingerprint density at radius 3 is 2.82 bits per heavy atom. The highest BCUT2D eigenvalue weighted by Gasteiger charge is 2.13. The molecule has 17 heavy (non-hydrogen) atoms. The molecule has 0 unspecified atom stereocenters. The average Bonchev–Trinajstić information content (AvgIpc) is 2.76. The lowest BCUT2D eigenvalue weighted by Gasteiger charge is -2.10. The summed E-state index contributed by atoms with van der Waals surface area (Å²) in [5.41, 5.74) is 0. The second-order valence-electron chi connectivity index (χ2n) is 3.73. The van der Waals surface area contributed by atoms with E-state index < -0.39 is 10.0 Å². The molecule has 0 radical (unpaired) electrons. The molecule has 2 N–H and O–H groups in total. The molecule has 1 aromatic rings. The highest BCUT2D eigenvalue weighted by molar-refractivity contribution is 7.89. The molecule has 0 aliphatic carbocycles. The van der Waals surface area contributed by atoms with Crippen LogP contribution in [0.1, 0.15) is 0 Å². The quantitative estimate of drug-likeness (QED) is 0.603. The Bertz CT molecular complexity index is 402. The molecule has 0 fully saturated rings. The number of likely N-dealkylation sites (N-methyl/N-ethyl adjacent to an activating group) is 1. The maximum Gasteiger partial charge on any atom is 0.257 e. The Labute approximate surface area is 101 Å². The molecule has 0 spiro atoms. The van der Waals surface area contributed by atoms with E-state index in [1.165, 1.54) is 12.3 Å². The summed E-state index contributed by atoms with van der Waals surface area (Å²) >= 11 is 0. The van der Waals surface area contributed by atoms with Crippen LogP contribution in [0.25, 0.3) is 0 Å². The summed E-state index contributed by atoms with van der Waals surface area (Å²) in [5.74, 6) is 0. The normalized spacial score (nSPS) is 12.2. The van der Waals surface area contributed by atoms with Crippen LogP contribution in [0.5, 0.6) is 0 Å². The Morgan fingerprint density at radius 1 is 1.47 bits per heavy atom. The van der Waals surface area contributed by atoms with Crippen LogP contribution >= 0.6 is 0 Å². The van der Waals surface area contributed by atoms with Gasteiger partial charge >= 0.3 is 0 Å². The number of aromatic amines is 1. The lowest BCUT2D eigenvalue weighted by molar-refractivity contribution is 0.122. The lowest BCUT2D eigenvalue weighted by atomic mass is 10.6. The van der Waals surface area contributed by atoms with Crippen LogP contribution in [0.4, 0.5) is 0 Å². The molecular weight excluding hydrogens is 244 g/mol. The zero-order valence-electron chi connectivity index (χ0n) is 10.0. The van der Waals surface area contributed by atoms with Crippen LogP contribution in [0.15, 0.2) is 17.3 Å². The molecule has 0 saturated heterocycles. The Hall–Kier alpha value is -0.960. The fourth-order valence-electron chi connectivity index (χ4n) is 1.07. The molecule has 0 aliphatic heterocycles. The number of hydrogen-bond donors (Lipinski definition) is 2. The molecule has 0 saturated carbocycles. The van der Waals surface area contributed by atoms with E-state index in [1.54, 1.807) is 0 Å². The molecule has 8 heteroatoms. The third-order valence-electron chi connectivity index (χ3n) is 1.99. The molecular formula is C9H18N4O3S. The van der Waals surface area contributed by atoms with Crippen LogP contribution in [-0.2, 0) is 14.8 Å². The summed E-state index contributed by atoms with van der Waals surface area (Å²) in [6.45, 7) is 1.99. The van der Waals surface area contributed by atoms with Gasteiger partial charge in [0, 0.05) is 13.1 Å². The van der Waals surface area contributed by atoms with Crippen molar-refractivity contribution in [2.24, 2.45) is 0 Å². The SMILES string of the molecule is CN(C)CCOCCNS(=O)(=O)c1ccn[nH]1. The van der Waals surface area contributed by atoms with Crippen molar-refractivity contribution >= 4 is 10.0 Å². The van der Waals surface area contributed by atoms with Crippen LogP contribution < -0.4 is 4.72 Å². The van der Waals surface area contributed by atoms with Crippen LogP contribution in [-0.4, -0.2) is 63.9 Å². The zero-order valence-corrected chi connectivity index (χ0v) is 10.8. The first kappa shape index (κ1) is 14.1. The molecule has 7 nitrogen and oxygen atoms in total. The van der Waals surface area contributed by atoms with Crippen molar-refractivity contribution in [1.29, 1.82) is 0 Å². The number of hydrogen-bond acceptors (Lipinski definition) is 5. The second-order valence-corrected chi connectivity index (χ2v) is 5.47. The first-order chi connectivity index (χ1) is 8.02. The first-order valence-corrected chi connectivity index (χ1v) is 6.72. The van der Waals surface area contributed by atoms with Crippen molar-refractivity contribution in [2.75, 3.05) is 40.4 Å². The van der Waals surface area contributed by atoms with E-state index in [-0.39, 0.29) is 11.6 Å². The molecule has 1 rings (SSSR count). The van der Waals surface area contributed by atoms with E-state index >= 15 is 0 Å². The van der Waals surface area contributed by atoms with Gasteiger partial charge < -0.3 is 9.64 Å². The predicted octanol–water partition coefficient (Wildman–Crippen LogP) is -0.734. The Morgan fingerprint density at radius 2 is 2.24 bits per heavy atom. The number of nitrogens with zero attached hydrogens (tertiary/aromatic N) is 2. The van der Waals surface area contributed by atoms with Gasteiger partial charge in [0.1, 0.15) is 0 Å². The van der Waals surface area contributed by atoms with E-state index in [9.17, 15) is 8.42 Å². The van der Waals surface area contributed by atoms with Crippen molar-refractivity contribution in [1.82, 2.24) is 19.8 Å². The topological polar surface area (TPSA) is 87.3 Å². The summed E-state index contributed by atoms with van der Waals surface area (Å²) in [7, 11) is 0.418. The Balaban J connectivity index is 2.19. The van der Waals surface area contributed by atoms with Crippen molar-refractivity contribution < 1.29 is 13.2 Å². The van der Waals surface area contributed by atoms with Gasteiger partial charge in [-0.2, -0.15) is 5.10 Å². The minimum atomic E-state index is -3.48. The van der Waals surface area contributed by atoms with Crippen molar-refractivity contribution in [3.05, 3.63) is 12.3 Å². The second kappa shape index (κ2) is 6.70. The third-order valence-corrected chi connectivity index (χ3v) is 3.38. The summed E-state index contributed by atoms with van der Waals surface area (Å²) in [5, 5.41) is 6.04. The van der Waals surface area contributed by atoms with Gasteiger partial charge in [-0.15, -0.1) is 0 Å². The predicted molar refractivity (Wildman–Crippen MR) is 63.1 cm³/mol. The molecule has 0 aromatic carbocycles. The summed E-state index contributed by atoms with van der Waals surface area (Å²) in [4.78, 5) is 1.99. The minimum Gasteiger partial charge on any atom is -0.379 e. The minimum absolute atomic E-state index is 0.0609. The van der Waals surface area contributed by atoms with Gasteiger partial charge in [0.15, 0.2) is 5.03 Å². The fraction of sp³-hybridized carbons (Fsp3) is 0.667. The lowest BCUT2D eigenvalue weighted by Crippen LogP contribution is -2.28. The molecule has 1 aromatic heterocycles. The smallest absolute Gasteiger partial charge is 0.257 e. The number of rotatable bonds is 8. The third kappa shape index (κ3) is 5.26. The molecule has 0 bridgehead atoms. The highest BCUT2D eigenvalue weighted by atomic mass is 32.2. The van der Waals surface area contributed by atoms with Crippen LogP contribution in [0, 0.1) is 0 Å². The standard InChI is InChI=1S/C9H18N4O3S/c1-13(2)6-8-16-7-5-11-17(14,15)9-3-4-10-12-9/h3-4,11H,5-8H2,1-2H3,(H,10,12). The number of aromatic nitrogens is 2. The molecule has 0 amide bonds. The van der Waals surface area contributed by atoms with Crippen LogP contribution in [0.2, 0.25) is 0 Å². The van der Waals surface area contributed by atoms with E-state index in [0.29, 0.717) is 13.2 Å². The van der Waals surface area contributed by atoms with Gasteiger partial charge in [-0.1, -0.05) is 0 Å². The monoisotopic (exact) mass is 262 g/mol. The molecule has 98 valence electrons. The maximum absolute atomic E-state index is 11.6. The average molecular weight is 262 g/mol. The van der Waals surface area contributed by atoms with Crippen molar-refractivity contribution in [3.8, 4) is 0 Å². The van der Waals surface area contributed by atoms with Gasteiger partial charge in [-0.3, -0.25) is 5.10 Å². The van der Waals surface area contributed by atoms with E-state index in [1.807, 2.05) is 19.0 Å². The van der Waals surface area contributed by atoms with Gasteiger partial charge in [-0.25, -0.2) is 13.1 Å². The number of H-pyrrole nitrogens is 1. The molecule has 1 heterocycles. The first-order valence-electron chi connectivity index (χ1n) is 5.24. The summed E-state index contributed by atoms with van der Waals surface area (Å²) in [6, 6.07) is 1.40. The number of ether oxygens (including phenoxy) is 1. The number of sulfonamides is 1. The van der Waals surface area contributed by atoms with Gasteiger partial charge in [0.2, 0.25) is 0 Å². The zero-order chi connectivity index (χ0) is 12.7. The van der Waals surface area contributed by atoms with E-state index in [4.69, 9.17) is 4.74 Å². The van der Waals surface area contributed by atoms with E-state index in [0.717, 1.165) is 6.54 Å². The van der Waals surface area contributed by atoms with Crippen molar-refractivity contribution in [2.45, 2.75) is 5.03 Å². The van der Waals surface area contributed by atoms with Gasteiger partial charge in [0.25, 0.3) is 10.0 Å². The molecule has 0 atom stereocenters. The van der Waals surface area contributed by atoms with E-state index in [2.05, 4.69) is 14.9 Å². The van der Waals surface area contributed by atoms with Crippen LogP contribution in [0.3, 0.4) is 0 Å². The highest BCUT2D eigenvalue weighted by Crippen LogP contribution is 2.01. The molecule has 0 aliphatic rings. The van der Waals surface area contributed by atoms with Gasteiger partial charge in [0.05, 0.1) is 19.4 Å². The summed E-state index contributed by atoms with van der Waals surface area (Å²) in [6.07, 6.45) is 1.39. The maximum atomic E-state index is 11.6.